The standard InChI is InChI=1S/C14H19BrN4/c1-4-13(16)8-11-7-12(15)5-6-14(11)19-10(3)17-9(2)18-19/h5-7,13H,4,8,16H2,1-3H3. The monoisotopic (exact) mass is 322 g/mol. The van der Waals surface area contributed by atoms with Crippen LogP contribution in [0.4, 0.5) is 0 Å². The highest BCUT2D eigenvalue weighted by atomic mass is 79.9. The first-order chi connectivity index (χ1) is 9.01. The average Bonchev–Trinajstić information content (AvgIpc) is 2.68. The van der Waals surface area contributed by atoms with Crippen molar-refractivity contribution < 1.29 is 0 Å². The fourth-order valence-corrected chi connectivity index (χ4v) is 2.51. The second kappa shape index (κ2) is 5.84. The normalized spacial score (nSPS) is 12.7. The van der Waals surface area contributed by atoms with Crippen LogP contribution in [-0.4, -0.2) is 20.8 Å². The van der Waals surface area contributed by atoms with Crippen molar-refractivity contribution in [1.82, 2.24) is 14.8 Å². The third kappa shape index (κ3) is 3.22. The van der Waals surface area contributed by atoms with Gasteiger partial charge in [0.25, 0.3) is 0 Å². The summed E-state index contributed by atoms with van der Waals surface area (Å²) >= 11 is 3.52. The molecule has 19 heavy (non-hydrogen) atoms. The van der Waals surface area contributed by atoms with Crippen molar-refractivity contribution in [3.63, 3.8) is 0 Å². The number of halogens is 1. The van der Waals surface area contributed by atoms with Gasteiger partial charge in [-0.3, -0.25) is 0 Å². The molecule has 2 aromatic rings. The Morgan fingerprint density at radius 1 is 1.37 bits per heavy atom. The molecule has 102 valence electrons. The maximum Gasteiger partial charge on any atom is 0.148 e. The van der Waals surface area contributed by atoms with E-state index in [9.17, 15) is 0 Å². The molecule has 0 spiro atoms. The molecule has 0 bridgehead atoms. The van der Waals surface area contributed by atoms with Gasteiger partial charge in [0.15, 0.2) is 0 Å². The molecule has 0 saturated heterocycles. The van der Waals surface area contributed by atoms with Gasteiger partial charge < -0.3 is 5.73 Å². The maximum atomic E-state index is 6.08. The lowest BCUT2D eigenvalue weighted by Crippen LogP contribution is -2.22. The lowest BCUT2D eigenvalue weighted by molar-refractivity contribution is 0.641. The van der Waals surface area contributed by atoms with Crippen LogP contribution in [0.3, 0.4) is 0 Å². The molecule has 0 aliphatic heterocycles. The quantitative estimate of drug-likeness (QED) is 0.941. The fourth-order valence-electron chi connectivity index (χ4n) is 2.10. The predicted octanol–water partition coefficient (Wildman–Crippen LogP) is 2.93. The third-order valence-corrected chi connectivity index (χ3v) is 3.64. The van der Waals surface area contributed by atoms with Gasteiger partial charge in [-0.15, -0.1) is 0 Å². The minimum atomic E-state index is 0.165. The Morgan fingerprint density at radius 2 is 2.11 bits per heavy atom. The number of aryl methyl sites for hydroxylation is 2. The Balaban J connectivity index is 2.47. The molecular weight excluding hydrogens is 304 g/mol. The van der Waals surface area contributed by atoms with Gasteiger partial charge in [0, 0.05) is 10.5 Å². The second-order valence-corrected chi connectivity index (χ2v) is 5.68. The van der Waals surface area contributed by atoms with E-state index in [1.54, 1.807) is 0 Å². The summed E-state index contributed by atoms with van der Waals surface area (Å²) in [5.41, 5.74) is 8.34. The van der Waals surface area contributed by atoms with Gasteiger partial charge in [-0.2, -0.15) is 5.10 Å². The van der Waals surface area contributed by atoms with Crippen LogP contribution in [0.1, 0.15) is 30.6 Å². The minimum Gasteiger partial charge on any atom is -0.327 e. The van der Waals surface area contributed by atoms with E-state index in [1.165, 1.54) is 5.56 Å². The number of nitrogens with two attached hydrogens (primary N) is 1. The van der Waals surface area contributed by atoms with Crippen LogP contribution in [-0.2, 0) is 6.42 Å². The zero-order chi connectivity index (χ0) is 14.0. The predicted molar refractivity (Wildman–Crippen MR) is 80.5 cm³/mol. The molecule has 1 aromatic heterocycles. The van der Waals surface area contributed by atoms with Crippen molar-refractivity contribution in [1.29, 1.82) is 0 Å². The second-order valence-electron chi connectivity index (χ2n) is 4.76. The van der Waals surface area contributed by atoms with Gasteiger partial charge in [0.05, 0.1) is 5.69 Å². The molecule has 2 N–H and O–H groups in total. The largest absolute Gasteiger partial charge is 0.327 e. The number of hydrogen-bond acceptors (Lipinski definition) is 3. The zero-order valence-corrected chi connectivity index (χ0v) is 13.1. The molecule has 1 heterocycles. The summed E-state index contributed by atoms with van der Waals surface area (Å²) in [6.45, 7) is 5.97. The van der Waals surface area contributed by atoms with E-state index in [4.69, 9.17) is 5.73 Å². The summed E-state index contributed by atoms with van der Waals surface area (Å²) in [5, 5.41) is 4.45. The van der Waals surface area contributed by atoms with Crippen molar-refractivity contribution in [2.45, 2.75) is 39.7 Å². The summed E-state index contributed by atoms with van der Waals surface area (Å²) in [5.74, 6) is 1.68. The Hall–Kier alpha value is -1.20. The van der Waals surface area contributed by atoms with E-state index in [0.717, 1.165) is 34.7 Å². The molecule has 0 aliphatic rings. The molecule has 2 rings (SSSR count). The SMILES string of the molecule is CCC(N)Cc1cc(Br)ccc1-n1nc(C)nc1C. The molecular formula is C14H19BrN4. The lowest BCUT2D eigenvalue weighted by atomic mass is 10.0. The minimum absolute atomic E-state index is 0.165. The number of hydrogen-bond donors (Lipinski definition) is 1. The van der Waals surface area contributed by atoms with Crippen LogP contribution in [0, 0.1) is 13.8 Å². The molecule has 0 fully saturated rings. The average molecular weight is 323 g/mol. The Kier molecular flexibility index (Phi) is 4.37. The molecule has 0 saturated carbocycles. The first kappa shape index (κ1) is 14.2. The Morgan fingerprint density at radius 3 is 2.68 bits per heavy atom. The number of aromatic nitrogens is 3. The first-order valence-electron chi connectivity index (χ1n) is 6.46. The van der Waals surface area contributed by atoms with E-state index in [2.05, 4.69) is 45.1 Å². The van der Waals surface area contributed by atoms with Crippen molar-refractivity contribution in [2.24, 2.45) is 5.73 Å². The molecule has 1 atom stereocenters. The van der Waals surface area contributed by atoms with Crippen molar-refractivity contribution in [3.8, 4) is 5.69 Å². The topological polar surface area (TPSA) is 56.7 Å². The maximum absolute atomic E-state index is 6.08. The van der Waals surface area contributed by atoms with Gasteiger partial charge in [-0.05, 0) is 50.5 Å². The summed E-state index contributed by atoms with van der Waals surface area (Å²) in [6.07, 6.45) is 1.80. The van der Waals surface area contributed by atoms with Gasteiger partial charge in [-0.25, -0.2) is 9.67 Å². The van der Waals surface area contributed by atoms with E-state index in [-0.39, 0.29) is 6.04 Å². The number of benzene rings is 1. The molecule has 0 radical (unpaired) electrons. The van der Waals surface area contributed by atoms with Crippen LogP contribution < -0.4 is 5.73 Å². The van der Waals surface area contributed by atoms with E-state index < -0.39 is 0 Å². The van der Waals surface area contributed by atoms with E-state index >= 15 is 0 Å². The smallest absolute Gasteiger partial charge is 0.148 e. The number of nitrogens with zero attached hydrogens (tertiary/aromatic N) is 3. The van der Waals surface area contributed by atoms with E-state index in [0.29, 0.717) is 0 Å². The van der Waals surface area contributed by atoms with Crippen LogP contribution in [0.25, 0.3) is 5.69 Å². The zero-order valence-electron chi connectivity index (χ0n) is 11.5. The lowest BCUT2D eigenvalue weighted by Gasteiger charge is -2.14. The van der Waals surface area contributed by atoms with Crippen molar-refractivity contribution >= 4 is 15.9 Å². The Labute approximate surface area is 122 Å². The molecule has 0 amide bonds. The molecule has 4 nitrogen and oxygen atoms in total. The van der Waals surface area contributed by atoms with Gasteiger partial charge in [-0.1, -0.05) is 22.9 Å². The van der Waals surface area contributed by atoms with Crippen molar-refractivity contribution in [3.05, 3.63) is 39.9 Å². The highest BCUT2D eigenvalue weighted by Gasteiger charge is 2.12. The molecule has 5 heteroatoms. The van der Waals surface area contributed by atoms with Gasteiger partial charge in [0.2, 0.25) is 0 Å². The van der Waals surface area contributed by atoms with Crippen LogP contribution in [0.5, 0.6) is 0 Å². The van der Waals surface area contributed by atoms with Crippen LogP contribution >= 0.6 is 15.9 Å². The fraction of sp³-hybridized carbons (Fsp3) is 0.429. The molecule has 1 aromatic carbocycles. The summed E-state index contributed by atoms with van der Waals surface area (Å²) < 4.78 is 2.95. The molecule has 1 unspecified atom stereocenters. The number of rotatable bonds is 4. The van der Waals surface area contributed by atoms with Gasteiger partial charge >= 0.3 is 0 Å². The first-order valence-corrected chi connectivity index (χ1v) is 7.25. The summed E-state index contributed by atoms with van der Waals surface area (Å²) in [7, 11) is 0. The van der Waals surface area contributed by atoms with E-state index in [1.807, 2.05) is 24.6 Å². The van der Waals surface area contributed by atoms with Crippen molar-refractivity contribution in [2.75, 3.05) is 0 Å². The molecule has 0 aliphatic carbocycles. The summed E-state index contributed by atoms with van der Waals surface area (Å²) in [6, 6.07) is 6.36. The van der Waals surface area contributed by atoms with Gasteiger partial charge in [0.1, 0.15) is 11.6 Å². The summed E-state index contributed by atoms with van der Waals surface area (Å²) in [4.78, 5) is 4.36. The highest BCUT2D eigenvalue weighted by Crippen LogP contribution is 2.22. The van der Waals surface area contributed by atoms with Crippen LogP contribution in [0.2, 0.25) is 0 Å². The van der Waals surface area contributed by atoms with Crippen LogP contribution in [0.15, 0.2) is 22.7 Å². The third-order valence-electron chi connectivity index (χ3n) is 3.15. The Bertz CT molecular complexity index is 577. The highest BCUT2D eigenvalue weighted by molar-refractivity contribution is 9.10.